The molecule has 0 bridgehead atoms. The first kappa shape index (κ1) is 22.7. The van der Waals surface area contributed by atoms with Crippen molar-refractivity contribution >= 4 is 17.5 Å². The number of aliphatic hydroxyl groups is 1. The number of aryl methyl sites for hydroxylation is 1. The van der Waals surface area contributed by atoms with E-state index in [-0.39, 0.29) is 12.3 Å². The number of anilines is 1. The third kappa shape index (κ3) is 4.27. The van der Waals surface area contributed by atoms with E-state index in [4.69, 9.17) is 30.9 Å². The average Bonchev–Trinajstić information content (AvgIpc) is 3.23. The van der Waals surface area contributed by atoms with E-state index in [0.29, 0.717) is 42.9 Å². The van der Waals surface area contributed by atoms with Crippen LogP contribution in [0.25, 0.3) is 22.4 Å². The van der Waals surface area contributed by atoms with Gasteiger partial charge in [-0.15, -0.1) is 0 Å². The number of hydrogen-bond acceptors (Lipinski definition) is 8. The van der Waals surface area contributed by atoms with E-state index in [1.165, 1.54) is 0 Å². The van der Waals surface area contributed by atoms with Crippen LogP contribution in [0, 0.1) is 6.92 Å². The molecule has 5 heterocycles. The van der Waals surface area contributed by atoms with Gasteiger partial charge in [0.2, 0.25) is 5.95 Å². The van der Waals surface area contributed by atoms with Crippen LogP contribution >= 0.6 is 11.6 Å². The van der Waals surface area contributed by atoms with Crippen LogP contribution in [0.5, 0.6) is 5.75 Å². The second-order valence-corrected chi connectivity index (χ2v) is 9.65. The molecule has 2 N–H and O–H groups in total. The first-order valence-corrected chi connectivity index (χ1v) is 12.5. The summed E-state index contributed by atoms with van der Waals surface area (Å²) in [7, 11) is 0. The Balaban J connectivity index is 1.35. The van der Waals surface area contributed by atoms with Gasteiger partial charge in [0, 0.05) is 29.9 Å². The molecule has 2 aromatic heterocycles. The lowest BCUT2D eigenvalue weighted by Gasteiger charge is -2.28. The number of ether oxygens (including phenoxy) is 3. The van der Waals surface area contributed by atoms with Gasteiger partial charge in [0.15, 0.2) is 6.23 Å². The molecule has 2 saturated heterocycles. The average molecular weight is 498 g/mol. The number of halogens is 1. The standard InChI is InChI=1S/C25H28ClN5O4/c1-14-23-16-10-15(24-17(26)11-27-25(29-24)28-18-7-9-33-13-20(18)32)5-6-21(16)35-12-19(23)31(30-14)22-4-2-3-8-34-22/h5-6,10-11,18,20,22,32H,2-4,7-9,12-13H2,1H3,(H,27,28,29)/t18-,20-,22?/m1/s1. The Bertz CT molecular complexity index is 1240. The molecule has 9 nitrogen and oxygen atoms in total. The zero-order valence-corrected chi connectivity index (χ0v) is 20.3. The van der Waals surface area contributed by atoms with Crippen LogP contribution in [0.1, 0.15) is 43.3 Å². The van der Waals surface area contributed by atoms with Crippen LogP contribution in [0.3, 0.4) is 0 Å². The highest BCUT2D eigenvalue weighted by molar-refractivity contribution is 6.32. The van der Waals surface area contributed by atoms with Gasteiger partial charge in [0.05, 0.1) is 47.1 Å². The molecule has 0 saturated carbocycles. The van der Waals surface area contributed by atoms with Crippen molar-refractivity contribution in [3.8, 4) is 28.1 Å². The van der Waals surface area contributed by atoms with E-state index >= 15 is 0 Å². The maximum absolute atomic E-state index is 10.2. The van der Waals surface area contributed by atoms with Gasteiger partial charge < -0.3 is 24.6 Å². The summed E-state index contributed by atoms with van der Waals surface area (Å²) in [5.41, 5.74) is 5.48. The molecule has 3 aliphatic rings. The monoisotopic (exact) mass is 497 g/mol. The molecular formula is C25H28ClN5O4. The Kier molecular flexibility index (Phi) is 6.09. The lowest BCUT2D eigenvalue weighted by molar-refractivity contribution is -0.0425. The molecule has 184 valence electrons. The minimum atomic E-state index is -0.613. The minimum Gasteiger partial charge on any atom is -0.487 e. The third-order valence-corrected chi connectivity index (χ3v) is 7.16. The molecule has 0 radical (unpaired) electrons. The van der Waals surface area contributed by atoms with Crippen molar-refractivity contribution in [2.24, 2.45) is 0 Å². The Morgan fingerprint density at radius 2 is 2.11 bits per heavy atom. The first-order chi connectivity index (χ1) is 17.1. The highest BCUT2D eigenvalue weighted by Gasteiger charge is 2.30. The molecule has 1 aromatic carbocycles. The van der Waals surface area contributed by atoms with Gasteiger partial charge in [0.25, 0.3) is 0 Å². The molecule has 0 spiro atoms. The van der Waals surface area contributed by atoms with Crippen LogP contribution < -0.4 is 10.1 Å². The van der Waals surface area contributed by atoms with E-state index in [2.05, 4.69) is 21.4 Å². The molecule has 3 aliphatic heterocycles. The molecule has 1 unspecified atom stereocenters. The number of rotatable bonds is 4. The molecule has 3 atom stereocenters. The van der Waals surface area contributed by atoms with E-state index in [1.54, 1.807) is 6.20 Å². The Labute approximate surface area is 208 Å². The quantitative estimate of drug-likeness (QED) is 0.554. The molecule has 6 rings (SSSR count). The van der Waals surface area contributed by atoms with Gasteiger partial charge in [-0.2, -0.15) is 5.10 Å². The van der Waals surface area contributed by atoms with Crippen molar-refractivity contribution in [1.29, 1.82) is 0 Å². The van der Waals surface area contributed by atoms with Crippen molar-refractivity contribution in [3.63, 3.8) is 0 Å². The number of hydrogen-bond donors (Lipinski definition) is 2. The summed E-state index contributed by atoms with van der Waals surface area (Å²) in [6.45, 7) is 4.12. The van der Waals surface area contributed by atoms with Crippen molar-refractivity contribution in [3.05, 3.63) is 40.8 Å². The van der Waals surface area contributed by atoms with Gasteiger partial charge in [0.1, 0.15) is 12.4 Å². The van der Waals surface area contributed by atoms with Crippen LogP contribution in [0.2, 0.25) is 5.02 Å². The molecular weight excluding hydrogens is 470 g/mol. The summed E-state index contributed by atoms with van der Waals surface area (Å²) in [5.74, 6) is 1.23. The summed E-state index contributed by atoms with van der Waals surface area (Å²) in [6.07, 6.45) is 4.77. The number of benzene rings is 1. The van der Waals surface area contributed by atoms with E-state index in [0.717, 1.165) is 59.7 Å². The largest absolute Gasteiger partial charge is 0.487 e. The maximum Gasteiger partial charge on any atom is 0.223 e. The highest BCUT2D eigenvalue weighted by Crippen LogP contribution is 2.43. The first-order valence-electron chi connectivity index (χ1n) is 12.1. The Morgan fingerprint density at radius 3 is 2.94 bits per heavy atom. The van der Waals surface area contributed by atoms with E-state index in [1.807, 2.05) is 23.7 Å². The van der Waals surface area contributed by atoms with Crippen LogP contribution in [0.4, 0.5) is 5.95 Å². The van der Waals surface area contributed by atoms with Gasteiger partial charge in [-0.05, 0) is 50.8 Å². The fraction of sp³-hybridized carbons (Fsp3) is 0.480. The zero-order valence-electron chi connectivity index (χ0n) is 19.5. The number of nitrogens with zero attached hydrogens (tertiary/aromatic N) is 4. The van der Waals surface area contributed by atoms with Gasteiger partial charge in [-0.25, -0.2) is 14.6 Å². The normalized spacial score (nSPS) is 23.8. The fourth-order valence-electron chi connectivity index (χ4n) is 5.08. The maximum atomic E-state index is 10.2. The predicted molar refractivity (Wildman–Crippen MR) is 130 cm³/mol. The molecule has 2 fully saturated rings. The van der Waals surface area contributed by atoms with Gasteiger partial charge >= 0.3 is 0 Å². The zero-order chi connectivity index (χ0) is 23.9. The Morgan fingerprint density at radius 1 is 1.20 bits per heavy atom. The second kappa shape index (κ2) is 9.39. The predicted octanol–water partition coefficient (Wildman–Crippen LogP) is 4.12. The summed E-state index contributed by atoms with van der Waals surface area (Å²) in [5, 5.41) is 18.7. The molecule has 0 amide bonds. The molecule has 35 heavy (non-hydrogen) atoms. The second-order valence-electron chi connectivity index (χ2n) is 9.24. The topological polar surface area (TPSA) is 104 Å². The highest BCUT2D eigenvalue weighted by atomic mass is 35.5. The third-order valence-electron chi connectivity index (χ3n) is 6.88. The van der Waals surface area contributed by atoms with Crippen LogP contribution in [-0.4, -0.2) is 56.8 Å². The van der Waals surface area contributed by atoms with Crippen LogP contribution in [-0.2, 0) is 16.1 Å². The minimum absolute atomic E-state index is 0.0509. The summed E-state index contributed by atoms with van der Waals surface area (Å²) in [6, 6.07) is 5.78. The molecule has 10 heteroatoms. The SMILES string of the molecule is Cc1nn(C2CCCCO2)c2c1-c1cc(-c3nc(N[C@@H]4CCOC[C@H]4O)ncc3Cl)ccc1OC2. The van der Waals surface area contributed by atoms with Gasteiger partial charge in [-0.1, -0.05) is 11.6 Å². The van der Waals surface area contributed by atoms with Crippen molar-refractivity contribution < 1.29 is 19.3 Å². The van der Waals surface area contributed by atoms with E-state index < -0.39 is 6.10 Å². The number of aliphatic hydroxyl groups excluding tert-OH is 1. The Hall–Kier alpha value is -2.72. The summed E-state index contributed by atoms with van der Waals surface area (Å²) in [4.78, 5) is 9.02. The van der Waals surface area contributed by atoms with Crippen molar-refractivity contribution in [2.75, 3.05) is 25.1 Å². The smallest absolute Gasteiger partial charge is 0.223 e. The van der Waals surface area contributed by atoms with Gasteiger partial charge in [-0.3, -0.25) is 0 Å². The van der Waals surface area contributed by atoms with E-state index in [9.17, 15) is 5.11 Å². The van der Waals surface area contributed by atoms with Crippen LogP contribution in [0.15, 0.2) is 24.4 Å². The number of fused-ring (bicyclic) bond motifs is 3. The summed E-state index contributed by atoms with van der Waals surface area (Å²) >= 11 is 6.54. The molecule has 0 aliphatic carbocycles. The van der Waals surface area contributed by atoms with Crippen molar-refractivity contribution in [2.45, 2.75) is 57.6 Å². The number of aromatic nitrogens is 4. The summed E-state index contributed by atoms with van der Waals surface area (Å²) < 4.78 is 19.4. The fourth-order valence-corrected chi connectivity index (χ4v) is 5.28. The number of nitrogens with one attached hydrogen (secondary N) is 1. The lowest BCUT2D eigenvalue weighted by Crippen LogP contribution is -2.42. The molecule has 3 aromatic rings. The van der Waals surface area contributed by atoms with Crippen molar-refractivity contribution in [1.82, 2.24) is 19.7 Å². The lowest BCUT2D eigenvalue weighted by atomic mass is 9.97.